The summed E-state index contributed by atoms with van der Waals surface area (Å²) >= 11 is 0. The van der Waals surface area contributed by atoms with Crippen LogP contribution >= 0.6 is 0 Å². The summed E-state index contributed by atoms with van der Waals surface area (Å²) in [6.07, 6.45) is 5.96. The Kier molecular flexibility index (Phi) is 6.24. The molecular formula is C18H28N2O. The zero-order valence-electron chi connectivity index (χ0n) is 13.4. The van der Waals surface area contributed by atoms with E-state index < -0.39 is 0 Å². The SMILES string of the molecule is CCC(CC)NC(=O)c1ccc(CN2CCCCC2)cc1. The van der Waals surface area contributed by atoms with Crippen molar-refractivity contribution in [1.82, 2.24) is 10.2 Å². The summed E-state index contributed by atoms with van der Waals surface area (Å²) in [5.74, 6) is 0.0493. The standard InChI is InChI=1S/C18H28N2O/c1-3-17(4-2)19-18(21)16-10-8-15(9-11-16)14-20-12-6-5-7-13-20/h8-11,17H,3-7,12-14H2,1-2H3,(H,19,21). The normalized spacial score (nSPS) is 16.1. The van der Waals surface area contributed by atoms with Crippen molar-refractivity contribution < 1.29 is 4.79 Å². The van der Waals surface area contributed by atoms with Crippen molar-refractivity contribution in [3.8, 4) is 0 Å². The third kappa shape index (κ3) is 4.85. The van der Waals surface area contributed by atoms with Gasteiger partial charge in [0.1, 0.15) is 0 Å². The fourth-order valence-electron chi connectivity index (χ4n) is 2.90. The monoisotopic (exact) mass is 288 g/mol. The first-order valence-electron chi connectivity index (χ1n) is 8.35. The number of piperidine rings is 1. The number of rotatable bonds is 6. The van der Waals surface area contributed by atoms with Crippen molar-refractivity contribution in [2.75, 3.05) is 13.1 Å². The van der Waals surface area contributed by atoms with Gasteiger partial charge < -0.3 is 5.32 Å². The van der Waals surface area contributed by atoms with Gasteiger partial charge in [-0.1, -0.05) is 32.4 Å². The highest BCUT2D eigenvalue weighted by Gasteiger charge is 2.12. The van der Waals surface area contributed by atoms with Gasteiger partial charge in [0.2, 0.25) is 0 Å². The van der Waals surface area contributed by atoms with Gasteiger partial charge in [0.15, 0.2) is 0 Å². The van der Waals surface area contributed by atoms with Crippen LogP contribution in [-0.4, -0.2) is 29.9 Å². The first-order valence-corrected chi connectivity index (χ1v) is 8.35. The van der Waals surface area contributed by atoms with E-state index in [1.165, 1.54) is 37.9 Å². The molecule has 3 nitrogen and oxygen atoms in total. The Morgan fingerprint density at radius 1 is 1.10 bits per heavy atom. The predicted molar refractivity (Wildman–Crippen MR) is 87.4 cm³/mol. The molecule has 0 aliphatic carbocycles. The topological polar surface area (TPSA) is 32.3 Å². The average molecular weight is 288 g/mol. The van der Waals surface area contributed by atoms with Gasteiger partial charge in [-0.2, -0.15) is 0 Å². The van der Waals surface area contributed by atoms with Crippen LogP contribution in [-0.2, 0) is 6.54 Å². The molecule has 116 valence electrons. The molecule has 0 saturated carbocycles. The Morgan fingerprint density at radius 2 is 1.71 bits per heavy atom. The second-order valence-electron chi connectivity index (χ2n) is 6.02. The van der Waals surface area contributed by atoms with E-state index in [0.29, 0.717) is 0 Å². The maximum Gasteiger partial charge on any atom is 0.251 e. The number of carbonyl (C=O) groups is 1. The fourth-order valence-corrected chi connectivity index (χ4v) is 2.90. The van der Waals surface area contributed by atoms with E-state index in [-0.39, 0.29) is 11.9 Å². The molecule has 1 heterocycles. The Hall–Kier alpha value is -1.35. The van der Waals surface area contributed by atoms with Gasteiger partial charge >= 0.3 is 0 Å². The van der Waals surface area contributed by atoms with Crippen molar-refractivity contribution >= 4 is 5.91 Å². The summed E-state index contributed by atoms with van der Waals surface area (Å²) in [7, 11) is 0. The number of benzene rings is 1. The highest BCUT2D eigenvalue weighted by molar-refractivity contribution is 5.94. The number of amides is 1. The first kappa shape index (κ1) is 16.0. The molecule has 1 aromatic rings. The van der Waals surface area contributed by atoms with E-state index in [1.807, 2.05) is 12.1 Å². The lowest BCUT2D eigenvalue weighted by Crippen LogP contribution is -2.33. The number of nitrogens with zero attached hydrogens (tertiary/aromatic N) is 1. The Balaban J connectivity index is 1.90. The summed E-state index contributed by atoms with van der Waals surface area (Å²) in [4.78, 5) is 14.7. The third-order valence-corrected chi connectivity index (χ3v) is 4.39. The van der Waals surface area contributed by atoms with Gasteiger partial charge in [-0.15, -0.1) is 0 Å². The molecule has 21 heavy (non-hydrogen) atoms. The third-order valence-electron chi connectivity index (χ3n) is 4.39. The smallest absolute Gasteiger partial charge is 0.251 e. The number of likely N-dealkylation sites (tertiary alicyclic amines) is 1. The highest BCUT2D eigenvalue weighted by atomic mass is 16.1. The second kappa shape index (κ2) is 8.18. The quantitative estimate of drug-likeness (QED) is 0.867. The number of hydrogen-bond acceptors (Lipinski definition) is 2. The number of hydrogen-bond donors (Lipinski definition) is 1. The lowest BCUT2D eigenvalue weighted by Gasteiger charge is -2.26. The van der Waals surface area contributed by atoms with Crippen LogP contribution in [0.25, 0.3) is 0 Å². The van der Waals surface area contributed by atoms with Crippen molar-refractivity contribution in [3.63, 3.8) is 0 Å². The van der Waals surface area contributed by atoms with E-state index in [1.54, 1.807) is 0 Å². The first-order chi connectivity index (χ1) is 10.2. The predicted octanol–water partition coefficient (Wildman–Crippen LogP) is 3.59. The van der Waals surface area contributed by atoms with Crippen LogP contribution < -0.4 is 5.32 Å². The molecule has 0 aromatic heterocycles. The van der Waals surface area contributed by atoms with E-state index >= 15 is 0 Å². The van der Waals surface area contributed by atoms with E-state index in [4.69, 9.17) is 0 Å². The second-order valence-corrected chi connectivity index (χ2v) is 6.02. The van der Waals surface area contributed by atoms with Crippen LogP contribution in [0.2, 0.25) is 0 Å². The minimum Gasteiger partial charge on any atom is -0.349 e. The minimum absolute atomic E-state index is 0.0493. The van der Waals surface area contributed by atoms with Crippen LogP contribution in [0.3, 0.4) is 0 Å². The van der Waals surface area contributed by atoms with E-state index in [0.717, 1.165) is 24.9 Å². The molecule has 0 bridgehead atoms. The summed E-state index contributed by atoms with van der Waals surface area (Å²) < 4.78 is 0. The van der Waals surface area contributed by atoms with Crippen LogP contribution in [0.15, 0.2) is 24.3 Å². The molecule has 1 amide bonds. The minimum atomic E-state index is 0.0493. The molecule has 1 aromatic carbocycles. The highest BCUT2D eigenvalue weighted by Crippen LogP contribution is 2.13. The molecule has 1 N–H and O–H groups in total. The number of nitrogens with one attached hydrogen (secondary N) is 1. The van der Waals surface area contributed by atoms with Gasteiger partial charge in [0.25, 0.3) is 5.91 Å². The number of carbonyl (C=O) groups excluding carboxylic acids is 1. The van der Waals surface area contributed by atoms with Crippen molar-refractivity contribution in [1.29, 1.82) is 0 Å². The lowest BCUT2D eigenvalue weighted by molar-refractivity contribution is 0.0935. The molecule has 0 unspecified atom stereocenters. The average Bonchev–Trinajstić information content (AvgIpc) is 2.54. The maximum atomic E-state index is 12.2. The van der Waals surface area contributed by atoms with Crippen molar-refractivity contribution in [3.05, 3.63) is 35.4 Å². The molecule has 3 heteroatoms. The molecule has 1 aliphatic rings. The molecule has 1 fully saturated rings. The molecule has 0 spiro atoms. The van der Waals surface area contributed by atoms with Gasteiger partial charge in [-0.05, 0) is 56.5 Å². The molecule has 2 rings (SSSR count). The zero-order valence-corrected chi connectivity index (χ0v) is 13.4. The summed E-state index contributed by atoms with van der Waals surface area (Å²) in [5, 5.41) is 3.08. The summed E-state index contributed by atoms with van der Waals surface area (Å²) in [5.41, 5.74) is 2.07. The zero-order chi connectivity index (χ0) is 15.1. The summed E-state index contributed by atoms with van der Waals surface area (Å²) in [6, 6.07) is 8.38. The van der Waals surface area contributed by atoms with E-state index in [9.17, 15) is 4.79 Å². The molecular weight excluding hydrogens is 260 g/mol. The van der Waals surface area contributed by atoms with Crippen LogP contribution in [0.4, 0.5) is 0 Å². The fraction of sp³-hybridized carbons (Fsp3) is 0.611. The van der Waals surface area contributed by atoms with Gasteiger partial charge in [0, 0.05) is 18.2 Å². The Labute approximate surface area is 128 Å². The van der Waals surface area contributed by atoms with Gasteiger partial charge in [-0.3, -0.25) is 9.69 Å². The molecule has 0 atom stereocenters. The van der Waals surface area contributed by atoms with Crippen molar-refractivity contribution in [2.24, 2.45) is 0 Å². The Bertz CT molecular complexity index is 431. The maximum absolute atomic E-state index is 12.2. The van der Waals surface area contributed by atoms with Crippen molar-refractivity contribution in [2.45, 2.75) is 58.5 Å². The van der Waals surface area contributed by atoms with E-state index in [2.05, 4.69) is 36.2 Å². The largest absolute Gasteiger partial charge is 0.349 e. The lowest BCUT2D eigenvalue weighted by atomic mass is 10.1. The summed E-state index contributed by atoms with van der Waals surface area (Å²) in [6.45, 7) is 7.63. The molecule has 1 aliphatic heterocycles. The van der Waals surface area contributed by atoms with Gasteiger partial charge in [0.05, 0.1) is 0 Å². The molecule has 1 saturated heterocycles. The van der Waals surface area contributed by atoms with Gasteiger partial charge in [-0.25, -0.2) is 0 Å². The molecule has 0 radical (unpaired) electrons. The van der Waals surface area contributed by atoms with Crippen LogP contribution in [0.1, 0.15) is 61.9 Å². The Morgan fingerprint density at radius 3 is 2.29 bits per heavy atom. The van der Waals surface area contributed by atoms with Crippen LogP contribution in [0.5, 0.6) is 0 Å². The van der Waals surface area contributed by atoms with Crippen LogP contribution in [0, 0.1) is 0 Å².